The number of rotatable bonds is 6. The first kappa shape index (κ1) is 15.5. The van der Waals surface area contributed by atoms with Gasteiger partial charge >= 0.3 is 0 Å². The first-order valence-corrected chi connectivity index (χ1v) is 7.89. The number of nitrogens with one attached hydrogen (secondary N) is 1. The highest BCUT2D eigenvalue weighted by atomic mass is 16.5. The molecule has 1 aliphatic rings. The molecule has 0 radical (unpaired) electrons. The fourth-order valence-electron chi connectivity index (χ4n) is 3.49. The highest BCUT2D eigenvalue weighted by Gasteiger charge is 2.41. The third-order valence-corrected chi connectivity index (χ3v) is 4.42. The van der Waals surface area contributed by atoms with Gasteiger partial charge in [-0.3, -0.25) is 10.5 Å². The quantitative estimate of drug-likeness (QED) is 0.477. The van der Waals surface area contributed by atoms with Gasteiger partial charge in [0, 0.05) is 19.3 Å². The Morgan fingerprint density at radius 3 is 2.60 bits per heavy atom. The second kappa shape index (κ2) is 7.20. The predicted octanol–water partition coefficient (Wildman–Crippen LogP) is 2.54. The van der Waals surface area contributed by atoms with E-state index in [1.54, 1.807) is 0 Å². The van der Waals surface area contributed by atoms with Crippen LogP contribution < -0.4 is 11.3 Å². The molecule has 1 heterocycles. The van der Waals surface area contributed by atoms with Crippen molar-refractivity contribution in [1.29, 1.82) is 0 Å². The molecule has 20 heavy (non-hydrogen) atoms. The fraction of sp³-hybridized carbons (Fsp3) is 0.800. The van der Waals surface area contributed by atoms with Crippen LogP contribution in [-0.4, -0.2) is 22.0 Å². The summed E-state index contributed by atoms with van der Waals surface area (Å²) in [5.41, 5.74) is 3.94. The van der Waals surface area contributed by atoms with E-state index < -0.39 is 0 Å². The standard InChI is InChI=1S/C15H28N4O/c1-3-19-13(9-12-17-19)14(18-16)15(20-4-2)10-7-5-6-8-11-15/h9,12,14,18H,3-8,10-11,16H2,1-2H3. The summed E-state index contributed by atoms with van der Waals surface area (Å²) in [7, 11) is 0. The minimum absolute atomic E-state index is 0.00278. The Bertz CT molecular complexity index is 396. The van der Waals surface area contributed by atoms with E-state index in [0.29, 0.717) is 0 Å². The summed E-state index contributed by atoms with van der Waals surface area (Å²) >= 11 is 0. The molecule has 114 valence electrons. The van der Waals surface area contributed by atoms with Gasteiger partial charge in [-0.25, -0.2) is 5.43 Å². The molecule has 5 heteroatoms. The predicted molar refractivity (Wildman–Crippen MR) is 80.0 cm³/mol. The lowest BCUT2D eigenvalue weighted by Crippen LogP contribution is -2.49. The summed E-state index contributed by atoms with van der Waals surface area (Å²) in [6.45, 7) is 5.74. The van der Waals surface area contributed by atoms with Gasteiger partial charge in [-0.05, 0) is 32.8 Å². The van der Waals surface area contributed by atoms with E-state index in [-0.39, 0.29) is 11.6 Å². The average molecular weight is 280 g/mol. The molecule has 5 nitrogen and oxygen atoms in total. The smallest absolute Gasteiger partial charge is 0.0918 e. The number of ether oxygens (including phenoxy) is 1. The van der Waals surface area contributed by atoms with Gasteiger partial charge in [-0.1, -0.05) is 25.7 Å². The minimum atomic E-state index is -0.201. The number of aryl methyl sites for hydroxylation is 1. The van der Waals surface area contributed by atoms with Gasteiger partial charge in [0.05, 0.1) is 17.3 Å². The number of hydrogen-bond acceptors (Lipinski definition) is 4. The summed E-state index contributed by atoms with van der Waals surface area (Å²) in [5.74, 6) is 5.91. The molecule has 1 saturated carbocycles. The summed E-state index contributed by atoms with van der Waals surface area (Å²) in [5, 5.41) is 4.38. The molecule has 2 rings (SSSR count). The lowest BCUT2D eigenvalue weighted by atomic mass is 9.84. The van der Waals surface area contributed by atoms with Crippen molar-refractivity contribution in [3.05, 3.63) is 18.0 Å². The monoisotopic (exact) mass is 280 g/mol. The molecule has 0 aliphatic heterocycles. The number of aromatic nitrogens is 2. The zero-order chi connectivity index (χ0) is 14.4. The molecule has 0 saturated heterocycles. The topological polar surface area (TPSA) is 65.1 Å². The molecule has 3 N–H and O–H groups in total. The lowest BCUT2D eigenvalue weighted by Gasteiger charge is -2.40. The molecule has 1 aromatic heterocycles. The van der Waals surface area contributed by atoms with Crippen molar-refractivity contribution in [3.63, 3.8) is 0 Å². The van der Waals surface area contributed by atoms with Gasteiger partial charge in [-0.15, -0.1) is 0 Å². The Balaban J connectivity index is 2.33. The van der Waals surface area contributed by atoms with Crippen LogP contribution in [0.3, 0.4) is 0 Å². The minimum Gasteiger partial charge on any atom is -0.373 e. The van der Waals surface area contributed by atoms with Gasteiger partial charge < -0.3 is 4.74 Å². The van der Waals surface area contributed by atoms with Crippen molar-refractivity contribution in [2.75, 3.05) is 6.61 Å². The van der Waals surface area contributed by atoms with Crippen LogP contribution in [0.2, 0.25) is 0 Å². The highest BCUT2D eigenvalue weighted by Crippen LogP contribution is 2.40. The van der Waals surface area contributed by atoms with Gasteiger partial charge in [0.2, 0.25) is 0 Å². The van der Waals surface area contributed by atoms with E-state index in [0.717, 1.165) is 31.7 Å². The first-order chi connectivity index (χ1) is 9.77. The van der Waals surface area contributed by atoms with Crippen molar-refractivity contribution >= 4 is 0 Å². The molecule has 1 unspecified atom stereocenters. The van der Waals surface area contributed by atoms with Crippen molar-refractivity contribution in [1.82, 2.24) is 15.2 Å². The zero-order valence-corrected chi connectivity index (χ0v) is 12.8. The third-order valence-electron chi connectivity index (χ3n) is 4.42. The largest absolute Gasteiger partial charge is 0.373 e. The first-order valence-electron chi connectivity index (χ1n) is 7.89. The van der Waals surface area contributed by atoms with Crippen LogP contribution in [0.15, 0.2) is 12.3 Å². The maximum atomic E-state index is 6.24. The lowest BCUT2D eigenvalue weighted by molar-refractivity contribution is -0.0800. The molecule has 0 amide bonds. The van der Waals surface area contributed by atoms with E-state index in [1.807, 2.05) is 10.9 Å². The van der Waals surface area contributed by atoms with Gasteiger partial charge in [0.15, 0.2) is 0 Å². The number of nitrogens with two attached hydrogens (primary N) is 1. The Labute approximate surface area is 121 Å². The van der Waals surface area contributed by atoms with Crippen LogP contribution in [0.25, 0.3) is 0 Å². The molecular formula is C15H28N4O. The van der Waals surface area contributed by atoms with E-state index in [4.69, 9.17) is 10.6 Å². The zero-order valence-electron chi connectivity index (χ0n) is 12.8. The van der Waals surface area contributed by atoms with E-state index in [2.05, 4.69) is 30.4 Å². The maximum absolute atomic E-state index is 6.24. The average Bonchev–Trinajstić information content (AvgIpc) is 2.79. The molecule has 0 bridgehead atoms. The van der Waals surface area contributed by atoms with E-state index in [1.165, 1.54) is 25.7 Å². The maximum Gasteiger partial charge on any atom is 0.0918 e. The molecule has 0 aromatic carbocycles. The molecule has 0 spiro atoms. The Morgan fingerprint density at radius 1 is 1.35 bits per heavy atom. The van der Waals surface area contributed by atoms with Crippen molar-refractivity contribution in [2.24, 2.45) is 5.84 Å². The van der Waals surface area contributed by atoms with Gasteiger partial charge in [0.1, 0.15) is 0 Å². The van der Waals surface area contributed by atoms with Crippen LogP contribution in [0.4, 0.5) is 0 Å². The summed E-state index contributed by atoms with van der Waals surface area (Å²) < 4.78 is 8.25. The van der Waals surface area contributed by atoms with Gasteiger partial charge in [-0.2, -0.15) is 5.10 Å². The molecule has 1 atom stereocenters. The molecule has 1 fully saturated rings. The van der Waals surface area contributed by atoms with Crippen molar-refractivity contribution < 1.29 is 4.74 Å². The number of nitrogens with zero attached hydrogens (tertiary/aromatic N) is 2. The fourth-order valence-corrected chi connectivity index (χ4v) is 3.49. The van der Waals surface area contributed by atoms with E-state index in [9.17, 15) is 0 Å². The Hall–Kier alpha value is -0.910. The SMILES string of the molecule is CCOC1(C(NN)c2ccnn2CC)CCCCCC1. The van der Waals surface area contributed by atoms with Crippen LogP contribution >= 0.6 is 0 Å². The van der Waals surface area contributed by atoms with Crippen LogP contribution in [-0.2, 0) is 11.3 Å². The third kappa shape index (κ3) is 3.05. The summed E-state index contributed by atoms with van der Waals surface area (Å²) in [6.07, 6.45) is 8.96. The number of hydrazine groups is 1. The molecule has 1 aromatic rings. The molecular weight excluding hydrogens is 252 g/mol. The van der Waals surface area contributed by atoms with Crippen LogP contribution in [0.5, 0.6) is 0 Å². The van der Waals surface area contributed by atoms with Crippen molar-refractivity contribution in [2.45, 2.75) is 70.6 Å². The Morgan fingerprint density at radius 2 is 2.05 bits per heavy atom. The van der Waals surface area contributed by atoms with Crippen LogP contribution in [0, 0.1) is 0 Å². The summed E-state index contributed by atoms with van der Waals surface area (Å²) in [6, 6.07) is 2.06. The molecule has 1 aliphatic carbocycles. The van der Waals surface area contributed by atoms with Crippen molar-refractivity contribution in [3.8, 4) is 0 Å². The normalized spacial score (nSPS) is 20.6. The summed E-state index contributed by atoms with van der Waals surface area (Å²) in [4.78, 5) is 0. The highest BCUT2D eigenvalue weighted by molar-refractivity contribution is 5.14. The number of hydrogen-bond donors (Lipinski definition) is 2. The second-order valence-corrected chi connectivity index (χ2v) is 5.58. The Kier molecular flexibility index (Phi) is 5.57. The second-order valence-electron chi connectivity index (χ2n) is 5.58. The van der Waals surface area contributed by atoms with E-state index >= 15 is 0 Å². The van der Waals surface area contributed by atoms with Crippen LogP contribution in [0.1, 0.15) is 64.1 Å². The van der Waals surface area contributed by atoms with Gasteiger partial charge in [0.25, 0.3) is 0 Å².